The second-order valence-corrected chi connectivity index (χ2v) is 3.54. The third-order valence-corrected chi connectivity index (χ3v) is 2.50. The third-order valence-electron chi connectivity index (χ3n) is 1.96. The van der Waals surface area contributed by atoms with E-state index in [0.717, 1.165) is 16.3 Å². The summed E-state index contributed by atoms with van der Waals surface area (Å²) in [5, 5.41) is 2.94. The maximum atomic E-state index is 10.4. The largest absolute Gasteiger partial charge is 0.277 e. The van der Waals surface area contributed by atoms with E-state index >= 15 is 0 Å². The molecule has 1 radical (unpaired) electrons. The van der Waals surface area contributed by atoms with Crippen LogP contribution in [0.15, 0.2) is 29.6 Å². The van der Waals surface area contributed by atoms with Crippen LogP contribution in [0.4, 0.5) is 5.69 Å². The molecule has 2 N–H and O–H groups in total. The molecule has 1 amide bonds. The fraction of sp³-hybridized carbons (Fsp3) is 0. The molecule has 0 aliphatic carbocycles. The van der Waals surface area contributed by atoms with E-state index in [0.29, 0.717) is 12.1 Å². The van der Waals surface area contributed by atoms with Crippen molar-refractivity contribution in [2.24, 2.45) is 5.84 Å². The molecule has 2 aromatic rings. The first-order valence-corrected chi connectivity index (χ1v) is 5.10. The summed E-state index contributed by atoms with van der Waals surface area (Å²) in [4.78, 5) is 14.5. The van der Waals surface area contributed by atoms with Gasteiger partial charge in [-0.05, 0) is 12.1 Å². The Morgan fingerprint density at radius 1 is 1.40 bits per heavy atom. The maximum absolute atomic E-state index is 10.4. The molecule has 0 spiro atoms. The number of amides is 1. The van der Waals surface area contributed by atoms with Crippen molar-refractivity contribution in [2.75, 3.05) is 5.01 Å². The van der Waals surface area contributed by atoms with E-state index in [9.17, 15) is 4.79 Å². The van der Waals surface area contributed by atoms with Crippen molar-refractivity contribution in [3.05, 3.63) is 35.2 Å². The fourth-order valence-corrected chi connectivity index (χ4v) is 1.69. The summed E-state index contributed by atoms with van der Waals surface area (Å²) in [6, 6.07) is 7.26. The van der Waals surface area contributed by atoms with Gasteiger partial charge in [0.2, 0.25) is 6.41 Å². The van der Waals surface area contributed by atoms with Crippen LogP contribution in [0.3, 0.4) is 0 Å². The highest BCUT2D eigenvalue weighted by atomic mass is 32.1. The van der Waals surface area contributed by atoms with E-state index in [-0.39, 0.29) is 0 Å². The van der Waals surface area contributed by atoms with E-state index in [1.807, 2.05) is 17.5 Å². The van der Waals surface area contributed by atoms with Gasteiger partial charge in [0.15, 0.2) is 5.51 Å². The van der Waals surface area contributed by atoms with Crippen LogP contribution in [0.25, 0.3) is 11.3 Å². The number of aromatic nitrogens is 1. The average Bonchev–Trinajstić information content (AvgIpc) is 2.82. The predicted octanol–water partition coefficient (Wildman–Crippen LogP) is 1.45. The van der Waals surface area contributed by atoms with Crippen molar-refractivity contribution in [1.29, 1.82) is 0 Å². The molecule has 15 heavy (non-hydrogen) atoms. The molecular formula is C10H8N3OS. The number of benzene rings is 1. The number of rotatable bonds is 3. The molecular weight excluding hydrogens is 210 g/mol. The number of carbonyl (C=O) groups is 1. The second-order valence-electron chi connectivity index (χ2n) is 2.88. The number of hydrogen-bond acceptors (Lipinski definition) is 4. The summed E-state index contributed by atoms with van der Waals surface area (Å²) in [7, 11) is 0. The van der Waals surface area contributed by atoms with Gasteiger partial charge < -0.3 is 0 Å². The van der Waals surface area contributed by atoms with Crippen LogP contribution in [-0.4, -0.2) is 11.4 Å². The van der Waals surface area contributed by atoms with Crippen LogP contribution >= 0.6 is 11.3 Å². The molecule has 0 aliphatic rings. The lowest BCUT2D eigenvalue weighted by Gasteiger charge is -2.09. The van der Waals surface area contributed by atoms with Crippen molar-refractivity contribution < 1.29 is 4.79 Å². The molecule has 0 atom stereocenters. The minimum absolute atomic E-state index is 0.561. The summed E-state index contributed by atoms with van der Waals surface area (Å²) in [6.07, 6.45) is 0.561. The van der Waals surface area contributed by atoms with E-state index in [4.69, 9.17) is 5.84 Å². The summed E-state index contributed by atoms with van der Waals surface area (Å²) in [5.41, 5.74) is 5.28. The number of hydrazine groups is 1. The Bertz CT molecular complexity index is 438. The van der Waals surface area contributed by atoms with Gasteiger partial charge >= 0.3 is 0 Å². The van der Waals surface area contributed by atoms with Crippen molar-refractivity contribution in [3.8, 4) is 11.3 Å². The number of carbonyl (C=O) groups excluding carboxylic acids is 1. The summed E-state index contributed by atoms with van der Waals surface area (Å²) < 4.78 is 0. The molecule has 5 heteroatoms. The van der Waals surface area contributed by atoms with E-state index in [2.05, 4.69) is 10.5 Å². The van der Waals surface area contributed by atoms with Gasteiger partial charge in [-0.1, -0.05) is 12.1 Å². The van der Waals surface area contributed by atoms with Crippen molar-refractivity contribution >= 4 is 23.4 Å². The van der Waals surface area contributed by atoms with E-state index in [1.54, 1.807) is 12.1 Å². The molecule has 75 valence electrons. The quantitative estimate of drug-likeness (QED) is 0.367. The highest BCUT2D eigenvalue weighted by Crippen LogP contribution is 2.21. The minimum Gasteiger partial charge on any atom is -0.277 e. The highest BCUT2D eigenvalue weighted by molar-refractivity contribution is 7.07. The molecule has 4 nitrogen and oxygen atoms in total. The van der Waals surface area contributed by atoms with Gasteiger partial charge in [-0.15, -0.1) is 11.3 Å². The lowest BCUT2D eigenvalue weighted by atomic mass is 10.1. The SMILES string of the molecule is NN(C=O)c1ccc(-c2cs[c]n2)cc1. The summed E-state index contributed by atoms with van der Waals surface area (Å²) >= 11 is 1.42. The number of anilines is 1. The van der Waals surface area contributed by atoms with Crippen LogP contribution in [0, 0.1) is 5.51 Å². The first-order valence-electron chi connectivity index (χ1n) is 4.22. The average molecular weight is 218 g/mol. The van der Waals surface area contributed by atoms with Crippen LogP contribution < -0.4 is 10.9 Å². The number of nitrogens with zero attached hydrogens (tertiary/aromatic N) is 2. The van der Waals surface area contributed by atoms with Gasteiger partial charge in [-0.2, -0.15) is 0 Å². The first-order chi connectivity index (χ1) is 7.31. The Morgan fingerprint density at radius 3 is 2.67 bits per heavy atom. The predicted molar refractivity (Wildman–Crippen MR) is 59.1 cm³/mol. The Morgan fingerprint density at radius 2 is 2.13 bits per heavy atom. The van der Waals surface area contributed by atoms with Gasteiger partial charge in [0.25, 0.3) is 0 Å². The number of nitrogens with two attached hydrogens (primary N) is 1. The first kappa shape index (κ1) is 9.82. The molecule has 0 saturated heterocycles. The van der Waals surface area contributed by atoms with Gasteiger partial charge in [0, 0.05) is 10.9 Å². The Labute approximate surface area is 90.9 Å². The van der Waals surface area contributed by atoms with Crippen LogP contribution in [-0.2, 0) is 4.79 Å². The van der Waals surface area contributed by atoms with Crippen LogP contribution in [0.2, 0.25) is 0 Å². The minimum atomic E-state index is 0.561. The van der Waals surface area contributed by atoms with Crippen molar-refractivity contribution in [2.45, 2.75) is 0 Å². The Balaban J connectivity index is 2.28. The number of hydrogen-bond donors (Lipinski definition) is 1. The van der Waals surface area contributed by atoms with Crippen LogP contribution in [0.5, 0.6) is 0 Å². The van der Waals surface area contributed by atoms with Crippen molar-refractivity contribution in [3.63, 3.8) is 0 Å². The maximum Gasteiger partial charge on any atom is 0.228 e. The normalized spacial score (nSPS) is 9.93. The molecule has 1 aromatic carbocycles. The molecule has 1 aromatic heterocycles. The summed E-state index contributed by atoms with van der Waals surface area (Å²) in [5.74, 6) is 5.41. The smallest absolute Gasteiger partial charge is 0.228 e. The fourth-order valence-electron chi connectivity index (χ4n) is 1.18. The number of thiazole rings is 1. The van der Waals surface area contributed by atoms with Crippen molar-refractivity contribution in [1.82, 2.24) is 4.98 Å². The summed E-state index contributed by atoms with van der Waals surface area (Å²) in [6.45, 7) is 0. The molecule has 0 saturated carbocycles. The van der Waals surface area contributed by atoms with Crippen LogP contribution in [0.1, 0.15) is 0 Å². The van der Waals surface area contributed by atoms with E-state index in [1.165, 1.54) is 11.3 Å². The van der Waals surface area contributed by atoms with Gasteiger partial charge in [0.1, 0.15) is 0 Å². The monoisotopic (exact) mass is 218 g/mol. The van der Waals surface area contributed by atoms with Gasteiger partial charge in [0.05, 0.1) is 11.4 Å². The Hall–Kier alpha value is -1.72. The molecule has 0 unspecified atom stereocenters. The Kier molecular flexibility index (Phi) is 2.75. The molecule has 0 aliphatic heterocycles. The molecule has 2 rings (SSSR count). The standard InChI is InChI=1S/C10H8N3OS/c11-13(7-14)9-3-1-8(2-4-9)10-5-15-6-12-10/h1-5,7H,11H2. The molecule has 0 bridgehead atoms. The lowest BCUT2D eigenvalue weighted by Crippen LogP contribution is -2.28. The van der Waals surface area contributed by atoms with Gasteiger partial charge in [-0.25, -0.2) is 10.8 Å². The second kappa shape index (κ2) is 4.20. The molecule has 1 heterocycles. The van der Waals surface area contributed by atoms with E-state index < -0.39 is 0 Å². The third kappa shape index (κ3) is 2.03. The topological polar surface area (TPSA) is 59.2 Å². The molecule has 0 fully saturated rings. The highest BCUT2D eigenvalue weighted by Gasteiger charge is 2.02. The zero-order valence-electron chi connectivity index (χ0n) is 7.75. The zero-order valence-corrected chi connectivity index (χ0v) is 8.57. The van der Waals surface area contributed by atoms with Gasteiger partial charge in [-0.3, -0.25) is 9.80 Å². The zero-order chi connectivity index (χ0) is 10.7. The lowest BCUT2D eigenvalue weighted by molar-refractivity contribution is -0.107.